The molecule has 190 valence electrons. The Morgan fingerprint density at radius 2 is 1.97 bits per heavy atom. The van der Waals surface area contributed by atoms with E-state index in [1.54, 1.807) is 4.57 Å². The first kappa shape index (κ1) is 26.1. The smallest absolute Gasteiger partial charge is 0.338 e. The first-order chi connectivity index (χ1) is 17.4. The van der Waals surface area contributed by atoms with E-state index in [1.807, 2.05) is 68.6 Å². The molecule has 6 nitrogen and oxygen atoms in total. The second-order valence-corrected chi connectivity index (χ2v) is 11.2. The molecule has 0 saturated carbocycles. The molecule has 1 unspecified atom stereocenters. The Hall–Kier alpha value is -2.97. The maximum absolute atomic E-state index is 13.6. The van der Waals surface area contributed by atoms with Crippen LogP contribution < -0.4 is 19.6 Å². The molecule has 1 aromatic carbocycles. The van der Waals surface area contributed by atoms with E-state index >= 15 is 0 Å². The van der Waals surface area contributed by atoms with E-state index in [1.165, 1.54) is 22.7 Å². The quantitative estimate of drug-likeness (QED) is 0.274. The van der Waals surface area contributed by atoms with E-state index in [4.69, 9.17) is 9.47 Å². The summed E-state index contributed by atoms with van der Waals surface area (Å²) in [7, 11) is 0. The van der Waals surface area contributed by atoms with E-state index in [0.29, 0.717) is 33.8 Å². The maximum Gasteiger partial charge on any atom is 0.338 e. The number of fused-ring (bicyclic) bond motifs is 1. The molecule has 1 atom stereocenters. The number of esters is 1. The van der Waals surface area contributed by atoms with Gasteiger partial charge in [-0.2, -0.15) is 0 Å². The van der Waals surface area contributed by atoms with Gasteiger partial charge in [-0.3, -0.25) is 9.36 Å². The van der Waals surface area contributed by atoms with Crippen molar-refractivity contribution in [2.45, 2.75) is 53.0 Å². The van der Waals surface area contributed by atoms with E-state index in [2.05, 4.69) is 11.9 Å². The van der Waals surface area contributed by atoms with Gasteiger partial charge in [0.05, 0.1) is 29.0 Å². The fourth-order valence-corrected chi connectivity index (χ4v) is 5.84. The van der Waals surface area contributed by atoms with Crippen molar-refractivity contribution in [1.29, 1.82) is 0 Å². The Morgan fingerprint density at radius 3 is 2.64 bits per heavy atom. The van der Waals surface area contributed by atoms with Crippen molar-refractivity contribution in [2.75, 3.05) is 13.2 Å². The van der Waals surface area contributed by atoms with Gasteiger partial charge in [-0.25, -0.2) is 9.79 Å². The summed E-state index contributed by atoms with van der Waals surface area (Å²) >= 11 is 2.84. The molecule has 8 heteroatoms. The number of benzene rings is 1. The van der Waals surface area contributed by atoms with Crippen LogP contribution in [0.2, 0.25) is 0 Å². The van der Waals surface area contributed by atoms with Crippen LogP contribution in [0.3, 0.4) is 0 Å². The van der Waals surface area contributed by atoms with Crippen molar-refractivity contribution in [3.8, 4) is 5.75 Å². The van der Waals surface area contributed by atoms with E-state index < -0.39 is 12.0 Å². The van der Waals surface area contributed by atoms with Gasteiger partial charge in [-0.05, 0) is 54.5 Å². The van der Waals surface area contributed by atoms with Gasteiger partial charge in [-0.1, -0.05) is 63.1 Å². The third-order valence-electron chi connectivity index (χ3n) is 5.80. The van der Waals surface area contributed by atoms with Gasteiger partial charge in [0, 0.05) is 4.88 Å². The molecule has 0 aliphatic carbocycles. The lowest BCUT2D eigenvalue weighted by atomic mass is 10.0. The Balaban J connectivity index is 1.68. The first-order valence-electron chi connectivity index (χ1n) is 12.3. The summed E-state index contributed by atoms with van der Waals surface area (Å²) in [6.07, 6.45) is 5.22. The fourth-order valence-electron chi connectivity index (χ4n) is 3.97. The minimum atomic E-state index is -0.554. The normalized spacial score (nSPS) is 15.7. The number of hydrogen-bond acceptors (Lipinski definition) is 7. The highest BCUT2D eigenvalue weighted by Crippen LogP contribution is 2.33. The minimum Gasteiger partial charge on any atom is -0.494 e. The van der Waals surface area contributed by atoms with Crippen molar-refractivity contribution in [3.05, 3.63) is 83.2 Å². The summed E-state index contributed by atoms with van der Waals surface area (Å²) in [5, 5.41) is 1.95. The second-order valence-electron chi connectivity index (χ2n) is 9.21. The number of hydrogen-bond donors (Lipinski definition) is 0. The average Bonchev–Trinajstić information content (AvgIpc) is 3.49. The summed E-state index contributed by atoms with van der Waals surface area (Å²) < 4.78 is 13.6. The molecule has 3 heterocycles. The number of aromatic nitrogens is 1. The highest BCUT2D eigenvalue weighted by atomic mass is 32.1. The van der Waals surface area contributed by atoms with Crippen LogP contribution >= 0.6 is 22.7 Å². The third kappa shape index (κ3) is 5.87. The maximum atomic E-state index is 13.6. The third-order valence-corrected chi connectivity index (χ3v) is 7.70. The fraction of sp³-hybridized carbons (Fsp3) is 0.393. The molecule has 36 heavy (non-hydrogen) atoms. The van der Waals surface area contributed by atoms with Gasteiger partial charge in [0.1, 0.15) is 11.8 Å². The SMILES string of the molecule is CCCCCOc1ccc(/C=c2/sc3n(c2=O)C(c2cccs2)C(C(=O)OCC(C)C)=C(C)N=3)cc1. The molecule has 3 aromatic rings. The van der Waals surface area contributed by atoms with Crippen LogP contribution in [0.1, 0.15) is 63.4 Å². The van der Waals surface area contributed by atoms with Gasteiger partial charge >= 0.3 is 5.97 Å². The Morgan fingerprint density at radius 1 is 1.19 bits per heavy atom. The molecule has 0 N–H and O–H groups in total. The number of nitrogens with zero attached hydrogens (tertiary/aromatic N) is 2. The van der Waals surface area contributed by atoms with Crippen LogP contribution in [0.25, 0.3) is 6.08 Å². The van der Waals surface area contributed by atoms with Crippen molar-refractivity contribution in [1.82, 2.24) is 4.57 Å². The number of carbonyl (C=O) groups is 1. The number of carbonyl (C=O) groups excluding carboxylic acids is 1. The lowest BCUT2D eigenvalue weighted by Crippen LogP contribution is -2.39. The van der Waals surface area contributed by atoms with Gasteiger partial charge < -0.3 is 9.47 Å². The topological polar surface area (TPSA) is 69.9 Å². The molecule has 2 aromatic heterocycles. The van der Waals surface area contributed by atoms with E-state index in [0.717, 1.165) is 35.5 Å². The molecular weight excluding hydrogens is 492 g/mol. The summed E-state index contributed by atoms with van der Waals surface area (Å²) in [5.41, 5.74) is 1.74. The minimum absolute atomic E-state index is 0.168. The molecule has 0 bridgehead atoms. The zero-order valence-electron chi connectivity index (χ0n) is 21.2. The highest BCUT2D eigenvalue weighted by Gasteiger charge is 2.34. The van der Waals surface area contributed by atoms with E-state index in [-0.39, 0.29) is 11.5 Å². The van der Waals surface area contributed by atoms with Gasteiger partial charge in [0.25, 0.3) is 5.56 Å². The summed E-state index contributed by atoms with van der Waals surface area (Å²) in [6.45, 7) is 8.98. The van der Waals surface area contributed by atoms with Gasteiger partial charge in [-0.15, -0.1) is 11.3 Å². The van der Waals surface area contributed by atoms with Crippen LogP contribution in [0.5, 0.6) is 5.75 Å². The molecule has 0 fully saturated rings. The molecule has 1 aliphatic rings. The van der Waals surface area contributed by atoms with Crippen LogP contribution in [0.15, 0.2) is 62.8 Å². The number of allylic oxidation sites excluding steroid dienone is 1. The van der Waals surface area contributed by atoms with Crippen molar-refractivity contribution in [3.63, 3.8) is 0 Å². The molecule has 0 amide bonds. The highest BCUT2D eigenvalue weighted by molar-refractivity contribution is 7.10. The monoisotopic (exact) mass is 524 g/mol. The molecule has 4 rings (SSSR count). The molecule has 1 aliphatic heterocycles. The van der Waals surface area contributed by atoms with E-state index in [9.17, 15) is 9.59 Å². The van der Waals surface area contributed by atoms with Gasteiger partial charge in [0.15, 0.2) is 4.80 Å². The van der Waals surface area contributed by atoms with Crippen molar-refractivity contribution < 1.29 is 14.3 Å². The van der Waals surface area contributed by atoms with Crippen LogP contribution in [-0.4, -0.2) is 23.8 Å². The van der Waals surface area contributed by atoms with Crippen molar-refractivity contribution in [2.24, 2.45) is 10.9 Å². The lowest BCUT2D eigenvalue weighted by molar-refractivity contribution is -0.140. The zero-order valence-corrected chi connectivity index (χ0v) is 22.8. The van der Waals surface area contributed by atoms with Crippen LogP contribution in [-0.2, 0) is 9.53 Å². The second kappa shape index (κ2) is 11.8. The summed E-state index contributed by atoms with van der Waals surface area (Å²) in [6, 6.07) is 11.1. The van der Waals surface area contributed by atoms with Crippen molar-refractivity contribution >= 4 is 34.7 Å². The van der Waals surface area contributed by atoms with Crippen LogP contribution in [0, 0.1) is 5.92 Å². The van der Waals surface area contributed by atoms with Gasteiger partial charge in [0.2, 0.25) is 0 Å². The number of thiophene rings is 1. The summed E-state index contributed by atoms with van der Waals surface area (Å²) in [5.74, 6) is 0.610. The Kier molecular flexibility index (Phi) is 8.59. The van der Waals surface area contributed by atoms with Crippen LogP contribution in [0.4, 0.5) is 0 Å². The number of rotatable bonds is 10. The standard InChI is InChI=1S/C28H32N2O4S2/c1-5-6-7-14-33-21-12-10-20(11-13-21)16-23-26(31)30-25(22-9-8-15-35-22)24(19(4)29-28(30)36-23)27(32)34-17-18(2)3/h8-13,15-16,18,25H,5-7,14,17H2,1-4H3/b23-16+. The lowest BCUT2D eigenvalue weighted by Gasteiger charge is -2.23. The number of thiazole rings is 1. The average molecular weight is 525 g/mol. The predicted molar refractivity (Wildman–Crippen MR) is 145 cm³/mol. The predicted octanol–water partition coefficient (Wildman–Crippen LogP) is 5.06. The zero-order chi connectivity index (χ0) is 25.7. The number of unbranched alkanes of at least 4 members (excludes halogenated alkanes) is 2. The molecule has 0 saturated heterocycles. The largest absolute Gasteiger partial charge is 0.494 e. The Bertz CT molecular complexity index is 1400. The molecule has 0 radical (unpaired) electrons. The first-order valence-corrected chi connectivity index (χ1v) is 14.0. The summed E-state index contributed by atoms with van der Waals surface area (Å²) in [4.78, 5) is 32.9. The molecule has 0 spiro atoms. The Labute approximate surface area is 219 Å². The number of ether oxygens (including phenoxy) is 2. The molecular formula is C28H32N2O4S2.